The lowest BCUT2D eigenvalue weighted by Crippen LogP contribution is -2.32. The number of nitrogen functional groups attached to an aromatic ring is 1. The van der Waals surface area contributed by atoms with Gasteiger partial charge in [-0.25, -0.2) is 0 Å². The first-order valence-electron chi connectivity index (χ1n) is 8.04. The number of hydrogen-bond donors (Lipinski definition) is 2. The Balaban J connectivity index is 1.77. The Morgan fingerprint density at radius 3 is 3.08 bits per heavy atom. The number of carbonyl (C=O) groups excluding carboxylic acids is 1. The second-order valence-electron chi connectivity index (χ2n) is 5.48. The van der Waals surface area contributed by atoms with E-state index in [1.165, 1.54) is 4.68 Å². The molecule has 3 rings (SSSR count). The lowest BCUT2D eigenvalue weighted by atomic mass is 10.2. The maximum absolute atomic E-state index is 12.3. The molecule has 1 aromatic carbocycles. The highest BCUT2D eigenvalue weighted by Gasteiger charge is 2.22. The van der Waals surface area contributed by atoms with Crippen molar-refractivity contribution >= 4 is 11.7 Å². The molecule has 0 radical (unpaired) electrons. The summed E-state index contributed by atoms with van der Waals surface area (Å²) in [7, 11) is 0. The molecular formula is C16H21N5O3. The van der Waals surface area contributed by atoms with Crippen LogP contribution in [0, 0.1) is 0 Å². The Bertz CT molecular complexity index is 709. The topological polar surface area (TPSA) is 104 Å². The van der Waals surface area contributed by atoms with Crippen LogP contribution in [-0.2, 0) is 4.74 Å². The van der Waals surface area contributed by atoms with Crippen LogP contribution in [0.4, 0.5) is 5.82 Å². The van der Waals surface area contributed by atoms with Gasteiger partial charge in [-0.1, -0.05) is 17.3 Å². The van der Waals surface area contributed by atoms with Crippen molar-refractivity contribution in [3.8, 4) is 11.4 Å². The van der Waals surface area contributed by atoms with Gasteiger partial charge in [0.05, 0.1) is 12.7 Å². The fourth-order valence-electron chi connectivity index (χ4n) is 2.63. The van der Waals surface area contributed by atoms with Crippen molar-refractivity contribution in [2.75, 3.05) is 25.5 Å². The highest BCUT2D eigenvalue weighted by Crippen LogP contribution is 2.25. The van der Waals surface area contributed by atoms with Gasteiger partial charge in [0.25, 0.3) is 5.91 Å². The van der Waals surface area contributed by atoms with Crippen LogP contribution in [0.1, 0.15) is 30.3 Å². The number of amides is 1. The molecule has 1 fully saturated rings. The van der Waals surface area contributed by atoms with Gasteiger partial charge in [0.2, 0.25) is 0 Å². The Kier molecular flexibility index (Phi) is 4.95. The molecule has 0 saturated carbocycles. The lowest BCUT2D eigenvalue weighted by molar-refractivity contribution is 0.0854. The minimum Gasteiger partial charge on any atom is -0.492 e. The van der Waals surface area contributed by atoms with E-state index in [9.17, 15) is 4.79 Å². The number of carbonyl (C=O) groups is 1. The highest BCUT2D eigenvalue weighted by molar-refractivity contribution is 5.96. The van der Waals surface area contributed by atoms with Gasteiger partial charge in [0.1, 0.15) is 11.4 Å². The van der Waals surface area contributed by atoms with E-state index in [4.69, 9.17) is 15.2 Å². The van der Waals surface area contributed by atoms with Crippen molar-refractivity contribution in [2.45, 2.75) is 25.9 Å². The Hall–Kier alpha value is -2.61. The van der Waals surface area contributed by atoms with E-state index in [-0.39, 0.29) is 23.5 Å². The van der Waals surface area contributed by atoms with Crippen LogP contribution < -0.4 is 15.8 Å². The molecule has 1 atom stereocenters. The number of nitrogens with zero attached hydrogens (tertiary/aromatic N) is 3. The molecule has 0 bridgehead atoms. The number of ether oxygens (including phenoxy) is 2. The zero-order valence-electron chi connectivity index (χ0n) is 13.6. The molecule has 1 saturated heterocycles. The van der Waals surface area contributed by atoms with Crippen molar-refractivity contribution in [1.82, 2.24) is 20.3 Å². The number of rotatable bonds is 6. The van der Waals surface area contributed by atoms with Crippen molar-refractivity contribution < 1.29 is 14.3 Å². The molecule has 1 amide bonds. The molecule has 1 aliphatic heterocycles. The maximum Gasteiger partial charge on any atom is 0.275 e. The smallest absolute Gasteiger partial charge is 0.275 e. The van der Waals surface area contributed by atoms with E-state index < -0.39 is 0 Å². The predicted molar refractivity (Wildman–Crippen MR) is 88.2 cm³/mol. The van der Waals surface area contributed by atoms with Gasteiger partial charge < -0.3 is 20.5 Å². The van der Waals surface area contributed by atoms with Gasteiger partial charge in [0, 0.05) is 13.2 Å². The minimum atomic E-state index is -0.358. The number of nitrogens with two attached hydrogens (primary N) is 1. The standard InChI is InChI=1S/C16H21N5O3/c1-2-23-13-8-4-3-7-12(13)21-15(17)14(19-20-21)16(22)18-10-11-6-5-9-24-11/h3-4,7-8,11H,2,5-6,9-10,17H2,1H3,(H,18,22). The molecular weight excluding hydrogens is 310 g/mol. The van der Waals surface area contributed by atoms with E-state index in [1.807, 2.05) is 31.2 Å². The SMILES string of the molecule is CCOc1ccccc1-n1nnc(C(=O)NCC2CCCO2)c1N. The first kappa shape index (κ1) is 16.3. The van der Waals surface area contributed by atoms with E-state index in [0.29, 0.717) is 24.6 Å². The molecule has 3 N–H and O–H groups in total. The maximum atomic E-state index is 12.3. The molecule has 2 heterocycles. The average molecular weight is 331 g/mol. The molecule has 1 aromatic heterocycles. The number of aromatic nitrogens is 3. The Morgan fingerprint density at radius 1 is 1.50 bits per heavy atom. The van der Waals surface area contributed by atoms with Crippen molar-refractivity contribution in [3.05, 3.63) is 30.0 Å². The Labute approximate surface area is 139 Å². The zero-order valence-corrected chi connectivity index (χ0v) is 13.6. The highest BCUT2D eigenvalue weighted by atomic mass is 16.5. The van der Waals surface area contributed by atoms with Crippen LogP contribution in [0.15, 0.2) is 24.3 Å². The van der Waals surface area contributed by atoms with Crippen molar-refractivity contribution in [1.29, 1.82) is 0 Å². The summed E-state index contributed by atoms with van der Waals surface area (Å²) in [4.78, 5) is 12.3. The summed E-state index contributed by atoms with van der Waals surface area (Å²) < 4.78 is 12.5. The molecule has 24 heavy (non-hydrogen) atoms. The van der Waals surface area contributed by atoms with Gasteiger partial charge in [0.15, 0.2) is 11.5 Å². The largest absolute Gasteiger partial charge is 0.492 e. The summed E-state index contributed by atoms with van der Waals surface area (Å²) in [6.45, 7) is 3.60. The zero-order chi connectivity index (χ0) is 16.9. The quantitative estimate of drug-likeness (QED) is 0.823. The number of nitrogens with one attached hydrogen (secondary N) is 1. The summed E-state index contributed by atoms with van der Waals surface area (Å²) in [6, 6.07) is 7.33. The fourth-order valence-corrected chi connectivity index (χ4v) is 2.63. The van der Waals surface area contributed by atoms with Gasteiger partial charge in [-0.15, -0.1) is 5.10 Å². The van der Waals surface area contributed by atoms with Gasteiger partial charge in [-0.2, -0.15) is 4.68 Å². The van der Waals surface area contributed by atoms with Gasteiger partial charge in [-0.05, 0) is 31.9 Å². The monoisotopic (exact) mass is 331 g/mol. The van der Waals surface area contributed by atoms with Crippen LogP contribution >= 0.6 is 0 Å². The predicted octanol–water partition coefficient (Wildman–Crippen LogP) is 1.16. The van der Waals surface area contributed by atoms with Crippen LogP contribution in [0.25, 0.3) is 5.69 Å². The van der Waals surface area contributed by atoms with E-state index in [0.717, 1.165) is 19.4 Å². The van der Waals surface area contributed by atoms with Gasteiger partial charge >= 0.3 is 0 Å². The molecule has 8 heteroatoms. The normalized spacial score (nSPS) is 17.0. The summed E-state index contributed by atoms with van der Waals surface area (Å²) in [6.07, 6.45) is 2.03. The molecule has 2 aromatic rings. The molecule has 0 aliphatic carbocycles. The molecule has 0 spiro atoms. The molecule has 128 valence electrons. The molecule has 8 nitrogen and oxygen atoms in total. The van der Waals surface area contributed by atoms with E-state index >= 15 is 0 Å². The Morgan fingerprint density at radius 2 is 2.33 bits per heavy atom. The third-order valence-corrected chi connectivity index (χ3v) is 3.83. The lowest BCUT2D eigenvalue weighted by Gasteiger charge is -2.11. The molecule has 1 aliphatic rings. The number of hydrogen-bond acceptors (Lipinski definition) is 6. The third-order valence-electron chi connectivity index (χ3n) is 3.83. The van der Waals surface area contributed by atoms with E-state index in [1.54, 1.807) is 0 Å². The van der Waals surface area contributed by atoms with Crippen LogP contribution in [0.2, 0.25) is 0 Å². The van der Waals surface area contributed by atoms with Crippen LogP contribution in [0.3, 0.4) is 0 Å². The fraction of sp³-hybridized carbons (Fsp3) is 0.438. The van der Waals surface area contributed by atoms with Gasteiger partial charge in [-0.3, -0.25) is 4.79 Å². The third kappa shape index (κ3) is 3.33. The van der Waals surface area contributed by atoms with E-state index in [2.05, 4.69) is 15.6 Å². The van der Waals surface area contributed by atoms with Crippen LogP contribution in [0.5, 0.6) is 5.75 Å². The summed E-state index contributed by atoms with van der Waals surface area (Å²) in [5, 5.41) is 10.7. The second-order valence-corrected chi connectivity index (χ2v) is 5.48. The number of anilines is 1. The van der Waals surface area contributed by atoms with Crippen molar-refractivity contribution in [3.63, 3.8) is 0 Å². The number of benzene rings is 1. The summed E-state index contributed by atoms with van der Waals surface area (Å²) in [5.74, 6) is 0.443. The first-order valence-corrected chi connectivity index (χ1v) is 8.04. The second kappa shape index (κ2) is 7.31. The summed E-state index contributed by atoms with van der Waals surface area (Å²) in [5.41, 5.74) is 6.81. The van der Waals surface area contributed by atoms with Crippen LogP contribution in [-0.4, -0.2) is 46.8 Å². The minimum absolute atomic E-state index is 0.0592. The first-order chi connectivity index (χ1) is 11.7. The number of para-hydroxylation sites is 2. The summed E-state index contributed by atoms with van der Waals surface area (Å²) >= 11 is 0. The molecule has 1 unspecified atom stereocenters. The average Bonchev–Trinajstić information content (AvgIpc) is 3.23. The van der Waals surface area contributed by atoms with Crippen molar-refractivity contribution in [2.24, 2.45) is 0 Å².